The van der Waals surface area contributed by atoms with Crippen LogP contribution in [0.15, 0.2) is 24.7 Å². The lowest BCUT2D eigenvalue weighted by Crippen LogP contribution is -2.47. The lowest BCUT2D eigenvalue weighted by molar-refractivity contribution is 0.239. The van der Waals surface area contributed by atoms with Gasteiger partial charge in [-0.25, -0.2) is 4.98 Å². The summed E-state index contributed by atoms with van der Waals surface area (Å²) in [6, 6.07) is 2.03. The molecule has 0 spiro atoms. The van der Waals surface area contributed by atoms with Crippen molar-refractivity contribution < 1.29 is 0 Å². The largest absolute Gasteiger partial charge is 0.354 e. The molecular weight excluding hydrogens is 304 g/mol. The van der Waals surface area contributed by atoms with Crippen molar-refractivity contribution in [2.75, 3.05) is 55.6 Å². The van der Waals surface area contributed by atoms with Crippen molar-refractivity contribution >= 4 is 11.8 Å². The quantitative estimate of drug-likeness (QED) is 0.791. The van der Waals surface area contributed by atoms with Crippen LogP contribution in [0.25, 0.3) is 0 Å². The van der Waals surface area contributed by atoms with Crippen LogP contribution in [0.1, 0.15) is 12.8 Å². The van der Waals surface area contributed by atoms with E-state index in [0.717, 1.165) is 64.1 Å². The van der Waals surface area contributed by atoms with Crippen LogP contribution in [0.3, 0.4) is 0 Å². The Bertz CT molecular complexity index is 629. The predicted octanol–water partition coefficient (Wildman–Crippen LogP) is 0.491. The molecule has 0 unspecified atom stereocenters. The van der Waals surface area contributed by atoms with Crippen LogP contribution >= 0.6 is 0 Å². The molecule has 0 N–H and O–H groups in total. The van der Waals surface area contributed by atoms with Gasteiger partial charge in [0.05, 0.1) is 18.9 Å². The van der Waals surface area contributed by atoms with Crippen LogP contribution in [0.4, 0.5) is 11.8 Å². The van der Waals surface area contributed by atoms with Gasteiger partial charge >= 0.3 is 0 Å². The molecule has 0 atom stereocenters. The van der Waals surface area contributed by atoms with Crippen LogP contribution in [-0.4, -0.2) is 75.7 Å². The molecule has 0 aromatic carbocycles. The molecule has 0 aliphatic carbocycles. The SMILES string of the molecule is c1cc(N2CCN(CCn3nccn3)CC2)nc(N2CCCC2)n1. The third-order valence-electron chi connectivity index (χ3n) is 4.80. The summed E-state index contributed by atoms with van der Waals surface area (Å²) in [5.74, 6) is 1.94. The Labute approximate surface area is 142 Å². The summed E-state index contributed by atoms with van der Waals surface area (Å²) >= 11 is 0. The smallest absolute Gasteiger partial charge is 0.227 e. The normalized spacial score (nSPS) is 19.2. The molecule has 8 heteroatoms. The van der Waals surface area contributed by atoms with Crippen LogP contribution in [0.2, 0.25) is 0 Å². The van der Waals surface area contributed by atoms with Crippen molar-refractivity contribution in [2.45, 2.75) is 19.4 Å². The number of hydrogen-bond acceptors (Lipinski definition) is 7. The van der Waals surface area contributed by atoms with Gasteiger partial charge in [-0.15, -0.1) is 0 Å². The van der Waals surface area contributed by atoms with Crippen molar-refractivity contribution in [1.82, 2.24) is 29.9 Å². The Morgan fingerprint density at radius 1 is 0.792 bits per heavy atom. The van der Waals surface area contributed by atoms with Gasteiger partial charge in [0, 0.05) is 52.0 Å². The van der Waals surface area contributed by atoms with Crippen LogP contribution < -0.4 is 9.80 Å². The van der Waals surface area contributed by atoms with Gasteiger partial charge in [-0.1, -0.05) is 0 Å². The standard InChI is InChI=1S/C16H24N8/c1-2-8-23(7-1)16-17-4-3-15(20-16)22-12-9-21(10-13-22)11-14-24-18-5-6-19-24/h3-6H,1-2,7-14H2. The molecule has 2 aliphatic heterocycles. The molecule has 2 fully saturated rings. The van der Waals surface area contributed by atoms with Gasteiger partial charge in [0.1, 0.15) is 5.82 Å². The van der Waals surface area contributed by atoms with Crippen molar-refractivity contribution in [3.05, 3.63) is 24.7 Å². The summed E-state index contributed by atoms with van der Waals surface area (Å²) in [6.07, 6.45) is 7.84. The summed E-state index contributed by atoms with van der Waals surface area (Å²) < 4.78 is 0. The minimum absolute atomic E-state index is 0.847. The van der Waals surface area contributed by atoms with E-state index in [1.54, 1.807) is 17.2 Å². The molecule has 2 aromatic rings. The van der Waals surface area contributed by atoms with Crippen molar-refractivity contribution in [3.63, 3.8) is 0 Å². The Hall–Kier alpha value is -2.22. The first-order chi connectivity index (χ1) is 11.9. The first-order valence-electron chi connectivity index (χ1n) is 8.78. The first kappa shape index (κ1) is 15.3. The fourth-order valence-corrected chi connectivity index (χ4v) is 3.38. The Kier molecular flexibility index (Phi) is 4.55. The van der Waals surface area contributed by atoms with Crippen LogP contribution in [0, 0.1) is 0 Å². The molecule has 0 amide bonds. The summed E-state index contributed by atoms with van der Waals surface area (Å²) in [4.78, 5) is 18.1. The predicted molar refractivity (Wildman–Crippen MR) is 92.2 cm³/mol. The van der Waals surface area contributed by atoms with Gasteiger partial charge in [0.25, 0.3) is 0 Å². The summed E-state index contributed by atoms with van der Waals surface area (Å²) in [7, 11) is 0. The number of piperazine rings is 1. The molecule has 0 saturated carbocycles. The molecule has 2 aliphatic rings. The van der Waals surface area contributed by atoms with Gasteiger partial charge in [-0.05, 0) is 18.9 Å². The minimum atomic E-state index is 0.847. The molecule has 0 bridgehead atoms. The molecule has 0 radical (unpaired) electrons. The second-order valence-electron chi connectivity index (χ2n) is 6.36. The van der Waals surface area contributed by atoms with Gasteiger partial charge in [0.2, 0.25) is 5.95 Å². The van der Waals surface area contributed by atoms with E-state index in [4.69, 9.17) is 4.98 Å². The highest BCUT2D eigenvalue weighted by atomic mass is 15.5. The van der Waals surface area contributed by atoms with Crippen LogP contribution in [-0.2, 0) is 6.54 Å². The van der Waals surface area contributed by atoms with E-state index < -0.39 is 0 Å². The zero-order valence-electron chi connectivity index (χ0n) is 14.0. The van der Waals surface area contributed by atoms with E-state index in [1.165, 1.54) is 12.8 Å². The van der Waals surface area contributed by atoms with Gasteiger partial charge in [0.15, 0.2) is 0 Å². The lowest BCUT2D eigenvalue weighted by atomic mass is 10.3. The van der Waals surface area contributed by atoms with E-state index in [2.05, 4.69) is 29.9 Å². The van der Waals surface area contributed by atoms with E-state index in [0.29, 0.717) is 0 Å². The topological polar surface area (TPSA) is 66.2 Å². The average Bonchev–Trinajstić information content (AvgIpc) is 3.34. The second-order valence-corrected chi connectivity index (χ2v) is 6.36. The number of rotatable bonds is 5. The zero-order chi connectivity index (χ0) is 16.2. The average molecular weight is 328 g/mol. The number of aromatic nitrogens is 5. The third kappa shape index (κ3) is 3.48. The number of nitrogens with zero attached hydrogens (tertiary/aromatic N) is 8. The van der Waals surface area contributed by atoms with E-state index in [1.807, 2.05) is 12.3 Å². The van der Waals surface area contributed by atoms with Crippen LogP contribution in [0.5, 0.6) is 0 Å². The molecule has 8 nitrogen and oxygen atoms in total. The zero-order valence-corrected chi connectivity index (χ0v) is 14.0. The number of hydrogen-bond donors (Lipinski definition) is 0. The Morgan fingerprint density at radius 3 is 2.29 bits per heavy atom. The molecule has 2 saturated heterocycles. The van der Waals surface area contributed by atoms with E-state index in [9.17, 15) is 0 Å². The monoisotopic (exact) mass is 328 g/mol. The highest BCUT2D eigenvalue weighted by Crippen LogP contribution is 2.19. The molecule has 128 valence electrons. The summed E-state index contributed by atoms with van der Waals surface area (Å²) in [5.41, 5.74) is 0. The minimum Gasteiger partial charge on any atom is -0.354 e. The maximum atomic E-state index is 4.79. The molecule has 24 heavy (non-hydrogen) atoms. The molecule has 2 aromatic heterocycles. The first-order valence-corrected chi connectivity index (χ1v) is 8.78. The molecular formula is C16H24N8. The van der Waals surface area contributed by atoms with Gasteiger partial charge < -0.3 is 9.80 Å². The third-order valence-corrected chi connectivity index (χ3v) is 4.80. The molecule has 4 heterocycles. The fourth-order valence-electron chi connectivity index (χ4n) is 3.38. The maximum absolute atomic E-state index is 4.79. The van der Waals surface area contributed by atoms with Gasteiger partial charge in [-0.2, -0.15) is 20.0 Å². The van der Waals surface area contributed by atoms with Crippen molar-refractivity contribution in [1.29, 1.82) is 0 Å². The fraction of sp³-hybridized carbons (Fsp3) is 0.625. The highest BCUT2D eigenvalue weighted by molar-refractivity contribution is 5.44. The Balaban J connectivity index is 1.31. The number of anilines is 2. The summed E-state index contributed by atoms with van der Waals surface area (Å²) in [6.45, 7) is 8.10. The lowest BCUT2D eigenvalue weighted by Gasteiger charge is -2.35. The van der Waals surface area contributed by atoms with Crippen molar-refractivity contribution in [2.24, 2.45) is 0 Å². The van der Waals surface area contributed by atoms with Gasteiger partial charge in [-0.3, -0.25) is 4.90 Å². The highest BCUT2D eigenvalue weighted by Gasteiger charge is 2.20. The van der Waals surface area contributed by atoms with E-state index in [-0.39, 0.29) is 0 Å². The molecule has 4 rings (SSSR count). The maximum Gasteiger partial charge on any atom is 0.227 e. The second kappa shape index (κ2) is 7.12. The summed E-state index contributed by atoms with van der Waals surface area (Å²) in [5, 5.41) is 8.31. The van der Waals surface area contributed by atoms with E-state index >= 15 is 0 Å². The Morgan fingerprint density at radius 2 is 1.54 bits per heavy atom. The van der Waals surface area contributed by atoms with Crippen molar-refractivity contribution in [3.8, 4) is 0 Å².